The summed E-state index contributed by atoms with van der Waals surface area (Å²) in [4.78, 5) is 23.2. The first kappa shape index (κ1) is 18.6. The Morgan fingerprint density at radius 2 is 1.82 bits per heavy atom. The Bertz CT molecular complexity index is 486. The first-order valence-electron chi connectivity index (χ1n) is 7.58. The molecular formula is C17H26N2O2S. The molecule has 0 heterocycles. The molecule has 0 radical (unpaired) electrons. The highest BCUT2D eigenvalue weighted by atomic mass is 32.2. The third-order valence-corrected chi connectivity index (χ3v) is 4.27. The number of hydrogen-bond donors (Lipinski definition) is 2. The van der Waals surface area contributed by atoms with Gasteiger partial charge >= 0.3 is 0 Å². The number of amides is 2. The van der Waals surface area contributed by atoms with Gasteiger partial charge in [0, 0.05) is 25.0 Å². The highest BCUT2D eigenvalue weighted by molar-refractivity contribution is 7.98. The largest absolute Gasteiger partial charge is 0.353 e. The molecule has 0 aliphatic rings. The fourth-order valence-electron chi connectivity index (χ4n) is 1.98. The minimum Gasteiger partial charge on any atom is -0.353 e. The van der Waals surface area contributed by atoms with E-state index in [0.717, 1.165) is 11.5 Å². The number of rotatable bonds is 8. The molecular weight excluding hydrogens is 296 g/mol. The Kier molecular flexibility index (Phi) is 8.02. The summed E-state index contributed by atoms with van der Waals surface area (Å²) in [5.41, 5.74) is 2.55. The molecule has 0 bridgehead atoms. The van der Waals surface area contributed by atoms with Gasteiger partial charge in [-0.25, -0.2) is 0 Å². The maximum atomic E-state index is 12.1. The summed E-state index contributed by atoms with van der Waals surface area (Å²) in [6.07, 6.45) is 0. The van der Waals surface area contributed by atoms with E-state index in [1.807, 2.05) is 13.8 Å². The maximum Gasteiger partial charge on any atom is 0.242 e. The van der Waals surface area contributed by atoms with Gasteiger partial charge in [-0.15, -0.1) is 0 Å². The molecule has 0 unspecified atom stereocenters. The molecule has 122 valence electrons. The zero-order valence-electron chi connectivity index (χ0n) is 13.8. The molecule has 2 N–H and O–H groups in total. The lowest BCUT2D eigenvalue weighted by Crippen LogP contribution is -2.49. The molecule has 0 spiro atoms. The molecule has 1 rings (SSSR count). The second-order valence-electron chi connectivity index (χ2n) is 5.75. The molecule has 1 aromatic carbocycles. The molecule has 1 aromatic rings. The Morgan fingerprint density at radius 1 is 1.18 bits per heavy atom. The number of nitrogens with one attached hydrogen (secondary N) is 2. The Morgan fingerprint density at radius 3 is 2.36 bits per heavy atom. The average molecular weight is 322 g/mol. The van der Waals surface area contributed by atoms with Crippen molar-refractivity contribution < 1.29 is 9.59 Å². The highest BCUT2D eigenvalue weighted by Gasteiger charge is 2.22. The van der Waals surface area contributed by atoms with Crippen molar-refractivity contribution in [1.29, 1.82) is 0 Å². The van der Waals surface area contributed by atoms with Gasteiger partial charge in [0.2, 0.25) is 11.8 Å². The van der Waals surface area contributed by atoms with Crippen LogP contribution < -0.4 is 10.6 Å². The van der Waals surface area contributed by atoms with Crippen LogP contribution in [0.3, 0.4) is 0 Å². The standard InChI is InChI=1S/C17H26N2O2S/c1-12(2)16(19-14(4)20)17(21)18-9-10-22-11-15-7-5-13(3)6-8-15/h5-8,12,16H,9-11H2,1-4H3,(H,18,21)(H,19,20)/t16-/m1/s1. The number of thioether (sulfide) groups is 1. The van der Waals surface area contributed by atoms with E-state index >= 15 is 0 Å². The quantitative estimate of drug-likeness (QED) is 0.723. The van der Waals surface area contributed by atoms with Crippen molar-refractivity contribution in [1.82, 2.24) is 10.6 Å². The van der Waals surface area contributed by atoms with E-state index in [9.17, 15) is 9.59 Å². The van der Waals surface area contributed by atoms with Crippen molar-refractivity contribution in [3.63, 3.8) is 0 Å². The lowest BCUT2D eigenvalue weighted by molar-refractivity contribution is -0.129. The van der Waals surface area contributed by atoms with Crippen molar-refractivity contribution >= 4 is 23.6 Å². The number of benzene rings is 1. The molecule has 0 aliphatic carbocycles. The topological polar surface area (TPSA) is 58.2 Å². The first-order valence-corrected chi connectivity index (χ1v) is 8.73. The first-order chi connectivity index (χ1) is 10.4. The number of hydrogen-bond acceptors (Lipinski definition) is 3. The number of carbonyl (C=O) groups is 2. The van der Waals surface area contributed by atoms with Crippen LogP contribution in [0.5, 0.6) is 0 Å². The Hall–Kier alpha value is -1.49. The SMILES string of the molecule is CC(=O)N[C@@H](C(=O)NCCSCc1ccc(C)cc1)C(C)C. The Labute approximate surface area is 137 Å². The van der Waals surface area contributed by atoms with Gasteiger partial charge in [-0.2, -0.15) is 11.8 Å². The van der Waals surface area contributed by atoms with Crippen LogP contribution in [-0.2, 0) is 15.3 Å². The summed E-state index contributed by atoms with van der Waals surface area (Å²) >= 11 is 1.79. The van der Waals surface area contributed by atoms with Gasteiger partial charge in [0.1, 0.15) is 6.04 Å². The molecule has 2 amide bonds. The maximum absolute atomic E-state index is 12.1. The predicted octanol–water partition coefficient (Wildman–Crippen LogP) is 2.51. The monoisotopic (exact) mass is 322 g/mol. The summed E-state index contributed by atoms with van der Waals surface area (Å²) in [5, 5.41) is 5.58. The van der Waals surface area contributed by atoms with Gasteiger partial charge < -0.3 is 10.6 Å². The van der Waals surface area contributed by atoms with E-state index in [1.54, 1.807) is 11.8 Å². The van der Waals surface area contributed by atoms with Crippen molar-refractivity contribution in [2.24, 2.45) is 5.92 Å². The number of aryl methyl sites for hydroxylation is 1. The molecule has 4 nitrogen and oxygen atoms in total. The van der Waals surface area contributed by atoms with Crippen LogP contribution in [0.4, 0.5) is 0 Å². The molecule has 5 heteroatoms. The third-order valence-electron chi connectivity index (χ3n) is 3.24. The zero-order chi connectivity index (χ0) is 16.5. The minimum absolute atomic E-state index is 0.0733. The van der Waals surface area contributed by atoms with E-state index in [1.165, 1.54) is 18.1 Å². The van der Waals surface area contributed by atoms with Gasteiger partial charge in [0.15, 0.2) is 0 Å². The van der Waals surface area contributed by atoms with Gasteiger partial charge in [0.25, 0.3) is 0 Å². The summed E-state index contributed by atoms with van der Waals surface area (Å²) < 4.78 is 0. The molecule has 0 fully saturated rings. The lowest BCUT2D eigenvalue weighted by Gasteiger charge is -2.20. The van der Waals surface area contributed by atoms with Crippen LogP contribution in [0.2, 0.25) is 0 Å². The van der Waals surface area contributed by atoms with E-state index in [4.69, 9.17) is 0 Å². The van der Waals surface area contributed by atoms with Crippen LogP contribution in [0, 0.1) is 12.8 Å². The van der Waals surface area contributed by atoms with Crippen LogP contribution in [-0.4, -0.2) is 30.2 Å². The van der Waals surface area contributed by atoms with E-state index in [0.29, 0.717) is 6.54 Å². The summed E-state index contributed by atoms with van der Waals surface area (Å²) in [5.74, 6) is 1.58. The predicted molar refractivity (Wildman–Crippen MR) is 92.8 cm³/mol. The smallest absolute Gasteiger partial charge is 0.242 e. The Balaban J connectivity index is 2.26. The summed E-state index contributed by atoms with van der Waals surface area (Å²) in [6, 6.07) is 8.02. The number of carbonyl (C=O) groups excluding carboxylic acids is 2. The highest BCUT2D eigenvalue weighted by Crippen LogP contribution is 2.12. The average Bonchev–Trinajstić information content (AvgIpc) is 2.45. The van der Waals surface area contributed by atoms with Crippen molar-refractivity contribution in [3.8, 4) is 0 Å². The molecule has 22 heavy (non-hydrogen) atoms. The van der Waals surface area contributed by atoms with Crippen molar-refractivity contribution in [2.45, 2.75) is 39.5 Å². The van der Waals surface area contributed by atoms with Crippen molar-refractivity contribution in [3.05, 3.63) is 35.4 Å². The van der Waals surface area contributed by atoms with Gasteiger partial charge in [-0.3, -0.25) is 9.59 Å². The third kappa shape index (κ3) is 6.98. The summed E-state index contributed by atoms with van der Waals surface area (Å²) in [7, 11) is 0. The minimum atomic E-state index is -0.459. The van der Waals surface area contributed by atoms with Crippen LogP contribution in [0.1, 0.15) is 31.9 Å². The fourth-order valence-corrected chi connectivity index (χ4v) is 2.80. The van der Waals surface area contributed by atoms with Crippen LogP contribution >= 0.6 is 11.8 Å². The van der Waals surface area contributed by atoms with Crippen LogP contribution in [0.15, 0.2) is 24.3 Å². The van der Waals surface area contributed by atoms with Gasteiger partial charge in [-0.05, 0) is 18.4 Å². The normalized spacial score (nSPS) is 12.0. The molecule has 0 aliphatic heterocycles. The van der Waals surface area contributed by atoms with Crippen LogP contribution in [0.25, 0.3) is 0 Å². The molecule has 1 atom stereocenters. The summed E-state index contributed by atoms with van der Waals surface area (Å²) in [6.45, 7) is 7.96. The van der Waals surface area contributed by atoms with E-state index in [-0.39, 0.29) is 17.7 Å². The molecule has 0 aromatic heterocycles. The van der Waals surface area contributed by atoms with E-state index < -0.39 is 6.04 Å². The second-order valence-corrected chi connectivity index (χ2v) is 6.86. The lowest BCUT2D eigenvalue weighted by atomic mass is 10.0. The fraction of sp³-hybridized carbons (Fsp3) is 0.529. The molecule has 0 saturated heterocycles. The van der Waals surface area contributed by atoms with E-state index in [2.05, 4.69) is 41.8 Å². The van der Waals surface area contributed by atoms with Crippen molar-refractivity contribution in [2.75, 3.05) is 12.3 Å². The van der Waals surface area contributed by atoms with Gasteiger partial charge in [0.05, 0.1) is 0 Å². The van der Waals surface area contributed by atoms with Gasteiger partial charge in [-0.1, -0.05) is 43.7 Å². The molecule has 0 saturated carbocycles. The zero-order valence-corrected chi connectivity index (χ0v) is 14.6. The second kappa shape index (κ2) is 9.51.